The maximum absolute atomic E-state index is 13.3. The van der Waals surface area contributed by atoms with Gasteiger partial charge in [-0.2, -0.15) is 0 Å². The summed E-state index contributed by atoms with van der Waals surface area (Å²) in [7, 11) is 0. The Morgan fingerprint density at radius 2 is 1.52 bits per heavy atom. The lowest BCUT2D eigenvalue weighted by Crippen LogP contribution is -2.13. The summed E-state index contributed by atoms with van der Waals surface area (Å²) in [4.78, 5) is 22.1. The van der Waals surface area contributed by atoms with Gasteiger partial charge in [0.2, 0.25) is 0 Å². The highest BCUT2D eigenvalue weighted by atomic mass is 16.1. The molecule has 0 radical (unpaired) electrons. The Labute approximate surface area is 193 Å². The molecule has 0 saturated heterocycles. The van der Waals surface area contributed by atoms with Crippen LogP contribution in [0.5, 0.6) is 0 Å². The third kappa shape index (κ3) is 4.65. The van der Waals surface area contributed by atoms with Crippen molar-refractivity contribution in [2.45, 2.75) is 13.3 Å². The highest BCUT2D eigenvalue weighted by Crippen LogP contribution is 2.26. The minimum absolute atomic E-state index is 0.149. The SMILES string of the molecule is Cc1ccc(-c2cc(C(=O)Nc3ccc(Cc4ccncc4)cc3)c3ccccc3n2)cc1. The molecule has 4 nitrogen and oxygen atoms in total. The minimum Gasteiger partial charge on any atom is -0.322 e. The molecular weight excluding hydrogens is 406 g/mol. The summed E-state index contributed by atoms with van der Waals surface area (Å²) in [6, 6.07) is 29.8. The highest BCUT2D eigenvalue weighted by molar-refractivity contribution is 6.13. The van der Waals surface area contributed by atoms with Gasteiger partial charge in [0.1, 0.15) is 0 Å². The molecule has 0 fully saturated rings. The molecule has 0 bridgehead atoms. The Balaban J connectivity index is 1.42. The van der Waals surface area contributed by atoms with Crippen LogP contribution in [-0.4, -0.2) is 15.9 Å². The van der Waals surface area contributed by atoms with Gasteiger partial charge in [0.15, 0.2) is 0 Å². The number of anilines is 1. The summed E-state index contributed by atoms with van der Waals surface area (Å²) in [6.07, 6.45) is 4.42. The van der Waals surface area contributed by atoms with E-state index < -0.39 is 0 Å². The Kier molecular flexibility index (Phi) is 5.64. The van der Waals surface area contributed by atoms with Crippen molar-refractivity contribution in [2.24, 2.45) is 0 Å². The maximum atomic E-state index is 13.3. The molecular formula is C29H23N3O. The van der Waals surface area contributed by atoms with Gasteiger partial charge in [-0.1, -0.05) is 60.2 Å². The fourth-order valence-corrected chi connectivity index (χ4v) is 3.88. The van der Waals surface area contributed by atoms with E-state index in [9.17, 15) is 4.79 Å². The molecule has 5 rings (SSSR count). The normalized spacial score (nSPS) is 10.8. The van der Waals surface area contributed by atoms with Gasteiger partial charge in [-0.15, -0.1) is 0 Å². The van der Waals surface area contributed by atoms with E-state index in [-0.39, 0.29) is 5.91 Å². The first-order chi connectivity index (χ1) is 16.2. The number of amides is 1. The highest BCUT2D eigenvalue weighted by Gasteiger charge is 2.14. The smallest absolute Gasteiger partial charge is 0.256 e. The number of para-hydroxylation sites is 1. The summed E-state index contributed by atoms with van der Waals surface area (Å²) in [5.74, 6) is -0.149. The molecule has 160 valence electrons. The molecule has 0 spiro atoms. The van der Waals surface area contributed by atoms with E-state index >= 15 is 0 Å². The zero-order chi connectivity index (χ0) is 22.6. The van der Waals surface area contributed by atoms with E-state index in [1.807, 2.05) is 78.9 Å². The molecule has 0 aliphatic rings. The van der Waals surface area contributed by atoms with Crippen LogP contribution in [-0.2, 0) is 6.42 Å². The van der Waals surface area contributed by atoms with Crippen molar-refractivity contribution in [3.63, 3.8) is 0 Å². The van der Waals surface area contributed by atoms with Gasteiger partial charge >= 0.3 is 0 Å². The maximum Gasteiger partial charge on any atom is 0.256 e. The largest absolute Gasteiger partial charge is 0.322 e. The van der Waals surface area contributed by atoms with Crippen molar-refractivity contribution in [1.29, 1.82) is 0 Å². The van der Waals surface area contributed by atoms with Gasteiger partial charge in [-0.25, -0.2) is 4.98 Å². The van der Waals surface area contributed by atoms with Crippen molar-refractivity contribution in [3.8, 4) is 11.3 Å². The van der Waals surface area contributed by atoms with Crippen LogP contribution in [0.3, 0.4) is 0 Å². The number of fused-ring (bicyclic) bond motifs is 1. The number of nitrogens with zero attached hydrogens (tertiary/aromatic N) is 2. The number of carbonyl (C=O) groups excluding carboxylic acids is 1. The molecule has 0 saturated carbocycles. The van der Waals surface area contributed by atoms with E-state index in [4.69, 9.17) is 4.98 Å². The monoisotopic (exact) mass is 429 g/mol. The van der Waals surface area contributed by atoms with Crippen molar-refractivity contribution in [3.05, 3.63) is 126 Å². The number of hydrogen-bond donors (Lipinski definition) is 1. The molecule has 4 heteroatoms. The van der Waals surface area contributed by atoms with E-state index in [1.54, 1.807) is 12.4 Å². The quantitative estimate of drug-likeness (QED) is 0.349. The Hall–Kier alpha value is -4.31. The summed E-state index contributed by atoms with van der Waals surface area (Å²) in [5.41, 5.74) is 7.50. The lowest BCUT2D eigenvalue weighted by atomic mass is 10.0. The molecule has 2 heterocycles. The van der Waals surface area contributed by atoms with E-state index in [2.05, 4.69) is 29.4 Å². The fraction of sp³-hybridized carbons (Fsp3) is 0.0690. The number of nitrogens with one attached hydrogen (secondary N) is 1. The number of rotatable bonds is 5. The van der Waals surface area contributed by atoms with E-state index in [0.717, 1.165) is 34.3 Å². The van der Waals surface area contributed by atoms with Crippen molar-refractivity contribution < 1.29 is 4.79 Å². The third-order valence-corrected chi connectivity index (χ3v) is 5.68. The summed E-state index contributed by atoms with van der Waals surface area (Å²) >= 11 is 0. The van der Waals surface area contributed by atoms with E-state index in [1.165, 1.54) is 16.7 Å². The average Bonchev–Trinajstić information content (AvgIpc) is 2.85. The predicted molar refractivity (Wildman–Crippen MR) is 133 cm³/mol. The fourth-order valence-electron chi connectivity index (χ4n) is 3.88. The molecule has 33 heavy (non-hydrogen) atoms. The lowest BCUT2D eigenvalue weighted by molar-refractivity contribution is 0.102. The zero-order valence-corrected chi connectivity index (χ0v) is 18.3. The molecule has 0 atom stereocenters. The first-order valence-electron chi connectivity index (χ1n) is 10.9. The molecule has 2 aromatic heterocycles. The molecule has 1 N–H and O–H groups in total. The minimum atomic E-state index is -0.149. The van der Waals surface area contributed by atoms with Crippen LogP contribution < -0.4 is 5.32 Å². The number of carbonyl (C=O) groups is 1. The molecule has 0 aliphatic carbocycles. The average molecular weight is 430 g/mol. The van der Waals surface area contributed by atoms with Gasteiger partial charge < -0.3 is 5.32 Å². The predicted octanol–water partition coefficient (Wildman–Crippen LogP) is 6.45. The van der Waals surface area contributed by atoms with Gasteiger partial charge in [-0.05, 0) is 60.9 Å². The van der Waals surface area contributed by atoms with Crippen LogP contribution >= 0.6 is 0 Å². The van der Waals surface area contributed by atoms with Crippen LogP contribution in [0.15, 0.2) is 103 Å². The number of aryl methyl sites for hydroxylation is 1. The summed E-state index contributed by atoms with van der Waals surface area (Å²) < 4.78 is 0. The zero-order valence-electron chi connectivity index (χ0n) is 18.3. The summed E-state index contributed by atoms with van der Waals surface area (Å²) in [6.45, 7) is 2.05. The number of pyridine rings is 2. The molecule has 1 amide bonds. The van der Waals surface area contributed by atoms with Gasteiger partial charge in [0.05, 0.1) is 16.8 Å². The number of hydrogen-bond acceptors (Lipinski definition) is 3. The number of benzene rings is 3. The number of aromatic nitrogens is 2. The van der Waals surface area contributed by atoms with Crippen molar-refractivity contribution in [1.82, 2.24) is 9.97 Å². The molecule has 3 aromatic carbocycles. The molecule has 5 aromatic rings. The van der Waals surface area contributed by atoms with Crippen LogP contribution in [0.2, 0.25) is 0 Å². The van der Waals surface area contributed by atoms with Gasteiger partial charge in [0.25, 0.3) is 5.91 Å². The standard InChI is InChI=1S/C29H23N3O/c1-20-6-10-23(11-7-20)28-19-26(25-4-2-3-5-27(25)32-28)29(33)31-24-12-8-21(9-13-24)18-22-14-16-30-17-15-22/h2-17,19H,18H2,1H3,(H,31,33). The Morgan fingerprint density at radius 1 is 0.818 bits per heavy atom. The van der Waals surface area contributed by atoms with Crippen LogP contribution in [0.1, 0.15) is 27.0 Å². The second-order valence-electron chi connectivity index (χ2n) is 8.12. The summed E-state index contributed by atoms with van der Waals surface area (Å²) in [5, 5.41) is 3.89. The van der Waals surface area contributed by atoms with Crippen LogP contribution in [0.25, 0.3) is 22.2 Å². The second kappa shape index (κ2) is 9.05. The first-order valence-corrected chi connectivity index (χ1v) is 10.9. The van der Waals surface area contributed by atoms with Crippen LogP contribution in [0, 0.1) is 6.92 Å². The van der Waals surface area contributed by atoms with Crippen molar-refractivity contribution in [2.75, 3.05) is 5.32 Å². The Bertz CT molecular complexity index is 1410. The van der Waals surface area contributed by atoms with Crippen molar-refractivity contribution >= 4 is 22.5 Å². The third-order valence-electron chi connectivity index (χ3n) is 5.68. The van der Waals surface area contributed by atoms with E-state index in [0.29, 0.717) is 5.56 Å². The molecule has 0 aliphatic heterocycles. The second-order valence-corrected chi connectivity index (χ2v) is 8.12. The van der Waals surface area contributed by atoms with Gasteiger partial charge in [-0.3, -0.25) is 9.78 Å². The Morgan fingerprint density at radius 3 is 2.27 bits per heavy atom. The topological polar surface area (TPSA) is 54.9 Å². The molecule has 0 unspecified atom stereocenters. The first kappa shape index (κ1) is 20.6. The van der Waals surface area contributed by atoms with Crippen LogP contribution in [0.4, 0.5) is 5.69 Å². The lowest BCUT2D eigenvalue weighted by Gasteiger charge is -2.11. The van der Waals surface area contributed by atoms with Gasteiger partial charge in [0, 0.05) is 29.0 Å².